The Morgan fingerprint density at radius 3 is 2.50 bits per heavy atom. The lowest BCUT2D eigenvalue weighted by atomic mass is 9.54. The second-order valence-electron chi connectivity index (χ2n) is 6.61. The molecule has 1 amide bonds. The molecule has 0 saturated heterocycles. The van der Waals surface area contributed by atoms with E-state index >= 15 is 0 Å². The van der Waals surface area contributed by atoms with E-state index in [0.717, 1.165) is 19.3 Å². The molecule has 0 spiro atoms. The largest absolute Gasteiger partial charge is 0.383 e. The lowest BCUT2D eigenvalue weighted by Crippen LogP contribution is -2.76. The Bertz CT molecular complexity index is 352. The smallest absolute Gasteiger partial charge is 0.241 e. The zero-order valence-corrected chi connectivity index (χ0v) is 15.4. The normalized spacial score (nSPS) is 27.5. The predicted molar refractivity (Wildman–Crippen MR) is 91.3 cm³/mol. The summed E-state index contributed by atoms with van der Waals surface area (Å²) in [6.07, 6.45) is 3.71. The molecule has 0 aromatic rings. The lowest BCUT2D eigenvalue weighted by Gasteiger charge is -2.57. The minimum Gasteiger partial charge on any atom is -0.383 e. The van der Waals surface area contributed by atoms with Crippen LogP contribution >= 0.6 is 12.4 Å². The van der Waals surface area contributed by atoms with Gasteiger partial charge in [0.1, 0.15) is 5.54 Å². The number of hydrogen-bond acceptors (Lipinski definition) is 4. The maximum atomic E-state index is 12.6. The van der Waals surface area contributed by atoms with Gasteiger partial charge in [0.15, 0.2) is 0 Å². The van der Waals surface area contributed by atoms with Crippen LogP contribution in [0.25, 0.3) is 0 Å². The highest BCUT2D eigenvalue weighted by Crippen LogP contribution is 2.49. The van der Waals surface area contributed by atoms with Gasteiger partial charge in [-0.1, -0.05) is 33.6 Å². The number of amides is 1. The van der Waals surface area contributed by atoms with Crippen molar-refractivity contribution in [2.24, 2.45) is 11.1 Å². The molecule has 0 radical (unpaired) electrons. The summed E-state index contributed by atoms with van der Waals surface area (Å²) in [6, 6.07) is 0.0322. The van der Waals surface area contributed by atoms with E-state index in [9.17, 15) is 4.79 Å². The number of nitrogens with two attached hydrogens (primary N) is 1. The number of carbonyl (C=O) groups excluding carboxylic acids is 1. The maximum Gasteiger partial charge on any atom is 0.241 e. The monoisotopic (exact) mass is 336 g/mol. The van der Waals surface area contributed by atoms with Crippen molar-refractivity contribution in [1.29, 1.82) is 0 Å². The molecule has 1 saturated carbocycles. The van der Waals surface area contributed by atoms with Crippen molar-refractivity contribution >= 4 is 18.3 Å². The Morgan fingerprint density at radius 2 is 2.05 bits per heavy atom. The minimum atomic E-state index is -0.856. The average Bonchev–Trinajstić information content (AvgIpc) is 2.44. The number of unbranched alkanes of at least 4 members (excludes halogenated alkanes) is 1. The van der Waals surface area contributed by atoms with Crippen LogP contribution in [0.4, 0.5) is 0 Å². The second kappa shape index (κ2) is 9.06. The summed E-state index contributed by atoms with van der Waals surface area (Å²) in [5.41, 5.74) is 5.18. The summed E-state index contributed by atoms with van der Waals surface area (Å²) in [5, 5.41) is 3.07. The molecule has 0 heterocycles. The number of carbonyl (C=O) groups is 1. The zero-order valence-electron chi connectivity index (χ0n) is 14.6. The molecular formula is C16H33ClN2O3. The molecule has 22 heavy (non-hydrogen) atoms. The van der Waals surface area contributed by atoms with Gasteiger partial charge in [-0.2, -0.15) is 0 Å². The third-order valence-electron chi connectivity index (χ3n) is 4.84. The van der Waals surface area contributed by atoms with Crippen molar-refractivity contribution in [3.05, 3.63) is 0 Å². The summed E-state index contributed by atoms with van der Waals surface area (Å²) >= 11 is 0. The maximum absolute atomic E-state index is 12.6. The van der Waals surface area contributed by atoms with E-state index in [1.165, 1.54) is 0 Å². The van der Waals surface area contributed by atoms with Gasteiger partial charge < -0.3 is 20.5 Å². The van der Waals surface area contributed by atoms with E-state index < -0.39 is 5.54 Å². The molecule has 1 fully saturated rings. The van der Waals surface area contributed by atoms with Gasteiger partial charge in [-0.05, 0) is 13.3 Å². The second-order valence-corrected chi connectivity index (χ2v) is 6.61. The van der Waals surface area contributed by atoms with E-state index in [1.807, 2.05) is 20.8 Å². The lowest BCUT2D eigenvalue weighted by molar-refractivity contribution is -0.171. The fraction of sp³-hybridized carbons (Fsp3) is 0.938. The van der Waals surface area contributed by atoms with Gasteiger partial charge in [0, 0.05) is 25.6 Å². The molecule has 3 atom stereocenters. The summed E-state index contributed by atoms with van der Waals surface area (Å²) in [7, 11) is 1.65. The Hall–Kier alpha value is -0.360. The molecular weight excluding hydrogens is 304 g/mol. The van der Waals surface area contributed by atoms with Crippen LogP contribution < -0.4 is 11.1 Å². The zero-order chi connectivity index (χ0) is 16.1. The summed E-state index contributed by atoms with van der Waals surface area (Å²) in [6.45, 7) is 9.29. The van der Waals surface area contributed by atoms with Crippen LogP contribution in [-0.4, -0.2) is 43.9 Å². The number of ether oxygens (including phenoxy) is 2. The van der Waals surface area contributed by atoms with Crippen molar-refractivity contribution in [3.8, 4) is 0 Å². The first-order valence-corrected chi connectivity index (χ1v) is 8.03. The first-order valence-electron chi connectivity index (χ1n) is 8.03. The van der Waals surface area contributed by atoms with E-state index in [0.29, 0.717) is 19.6 Å². The molecule has 1 aliphatic carbocycles. The van der Waals surface area contributed by atoms with Gasteiger partial charge in [-0.15, -0.1) is 12.4 Å². The van der Waals surface area contributed by atoms with Gasteiger partial charge in [0.2, 0.25) is 5.91 Å². The van der Waals surface area contributed by atoms with Crippen molar-refractivity contribution in [2.75, 3.05) is 20.3 Å². The molecule has 0 aromatic carbocycles. The Balaban J connectivity index is 0.00000441. The first kappa shape index (κ1) is 21.6. The van der Waals surface area contributed by atoms with Gasteiger partial charge in [-0.3, -0.25) is 4.79 Å². The number of rotatable bonds is 9. The van der Waals surface area contributed by atoms with Crippen LogP contribution in [0.5, 0.6) is 0 Å². The quantitative estimate of drug-likeness (QED) is 0.677. The van der Waals surface area contributed by atoms with E-state index in [1.54, 1.807) is 7.11 Å². The van der Waals surface area contributed by atoms with Crippen molar-refractivity contribution in [1.82, 2.24) is 5.32 Å². The highest BCUT2D eigenvalue weighted by atomic mass is 35.5. The summed E-state index contributed by atoms with van der Waals surface area (Å²) < 4.78 is 10.9. The van der Waals surface area contributed by atoms with Crippen LogP contribution in [0.1, 0.15) is 53.4 Å². The molecule has 0 bridgehead atoms. The standard InChI is InChI=1S/C16H32N2O3.ClH/c1-6-8-9-12(11-20-5)18-14(19)16(17)10-13(21-7-2)15(16,3)4;/h12-13H,6-11,17H2,1-5H3,(H,18,19);1H. The van der Waals surface area contributed by atoms with Crippen molar-refractivity contribution in [3.63, 3.8) is 0 Å². The Morgan fingerprint density at radius 1 is 1.41 bits per heavy atom. The van der Waals surface area contributed by atoms with Crippen molar-refractivity contribution < 1.29 is 14.3 Å². The molecule has 6 heteroatoms. The predicted octanol–water partition coefficient (Wildman–Crippen LogP) is 2.26. The fourth-order valence-corrected chi connectivity index (χ4v) is 2.98. The highest BCUT2D eigenvalue weighted by molar-refractivity contribution is 5.89. The molecule has 5 nitrogen and oxygen atoms in total. The molecule has 0 aliphatic heterocycles. The molecule has 1 aliphatic rings. The van der Waals surface area contributed by atoms with Crippen LogP contribution in [0.2, 0.25) is 0 Å². The number of halogens is 1. The fourth-order valence-electron chi connectivity index (χ4n) is 2.98. The van der Waals surface area contributed by atoms with Crippen molar-refractivity contribution in [2.45, 2.75) is 71.1 Å². The van der Waals surface area contributed by atoms with Crippen LogP contribution in [-0.2, 0) is 14.3 Å². The van der Waals surface area contributed by atoms with Gasteiger partial charge >= 0.3 is 0 Å². The third kappa shape index (κ3) is 4.34. The van der Waals surface area contributed by atoms with Gasteiger partial charge in [0.05, 0.1) is 18.8 Å². The highest BCUT2D eigenvalue weighted by Gasteiger charge is 2.62. The first-order chi connectivity index (χ1) is 9.83. The minimum absolute atomic E-state index is 0. The van der Waals surface area contributed by atoms with E-state index in [-0.39, 0.29) is 35.9 Å². The summed E-state index contributed by atoms with van der Waals surface area (Å²) in [5.74, 6) is -0.0818. The number of nitrogens with one attached hydrogen (secondary N) is 1. The van der Waals surface area contributed by atoms with Crippen LogP contribution in [0.3, 0.4) is 0 Å². The van der Waals surface area contributed by atoms with Crippen LogP contribution in [0.15, 0.2) is 0 Å². The topological polar surface area (TPSA) is 73.6 Å². The number of methoxy groups -OCH3 is 1. The SMILES string of the molecule is CCCCC(COC)NC(=O)C1(N)CC(OCC)C1(C)C.Cl. The molecule has 3 N–H and O–H groups in total. The molecule has 3 unspecified atom stereocenters. The molecule has 1 rings (SSSR count). The van der Waals surface area contributed by atoms with Crippen LogP contribution in [0, 0.1) is 5.41 Å². The number of hydrogen-bond donors (Lipinski definition) is 2. The molecule has 132 valence electrons. The Kier molecular flexibility index (Phi) is 8.91. The van der Waals surface area contributed by atoms with E-state index in [2.05, 4.69) is 12.2 Å². The Labute approximate surface area is 141 Å². The molecule has 0 aromatic heterocycles. The van der Waals surface area contributed by atoms with Gasteiger partial charge in [0.25, 0.3) is 0 Å². The summed E-state index contributed by atoms with van der Waals surface area (Å²) in [4.78, 5) is 12.6. The third-order valence-corrected chi connectivity index (χ3v) is 4.84. The van der Waals surface area contributed by atoms with E-state index in [4.69, 9.17) is 15.2 Å². The average molecular weight is 337 g/mol. The van der Waals surface area contributed by atoms with Gasteiger partial charge in [-0.25, -0.2) is 0 Å².